The first-order chi connectivity index (χ1) is 11.0. The fourth-order valence-corrected chi connectivity index (χ4v) is 2.60. The first kappa shape index (κ1) is 15.4. The molecule has 6 heteroatoms. The minimum Gasteiger partial charge on any atom is -0.483 e. The van der Waals surface area contributed by atoms with E-state index in [2.05, 4.69) is 10.6 Å². The second kappa shape index (κ2) is 6.30. The van der Waals surface area contributed by atoms with Gasteiger partial charge in [-0.05, 0) is 36.8 Å². The molecule has 2 N–H and O–H groups in total. The molecule has 1 aliphatic rings. The van der Waals surface area contributed by atoms with E-state index >= 15 is 0 Å². The van der Waals surface area contributed by atoms with Crippen molar-refractivity contribution in [2.45, 2.75) is 13.0 Å². The van der Waals surface area contributed by atoms with E-state index < -0.39 is 6.04 Å². The predicted octanol–water partition coefficient (Wildman–Crippen LogP) is 2.84. The number of nitrogens with one attached hydrogen (secondary N) is 2. The van der Waals surface area contributed by atoms with Crippen molar-refractivity contribution in [1.29, 1.82) is 0 Å². The maximum absolute atomic E-state index is 12.6. The molecule has 2 amide bonds. The highest BCUT2D eigenvalue weighted by Crippen LogP contribution is 2.31. The summed E-state index contributed by atoms with van der Waals surface area (Å²) in [6.45, 7) is 1.77. The number of ether oxygens (including phenoxy) is 1. The lowest BCUT2D eigenvalue weighted by atomic mass is 10.0. The van der Waals surface area contributed by atoms with E-state index in [1.807, 2.05) is 19.1 Å². The summed E-state index contributed by atoms with van der Waals surface area (Å²) in [7, 11) is 0. The number of benzene rings is 2. The van der Waals surface area contributed by atoms with Crippen molar-refractivity contribution in [2.24, 2.45) is 0 Å². The van der Waals surface area contributed by atoms with Gasteiger partial charge in [-0.2, -0.15) is 0 Å². The molecule has 0 saturated carbocycles. The molecule has 0 aromatic heterocycles. The Balaban J connectivity index is 1.91. The normalized spacial score (nSPS) is 16.6. The molecule has 1 unspecified atom stereocenters. The van der Waals surface area contributed by atoms with Gasteiger partial charge in [0.15, 0.2) is 6.61 Å². The van der Waals surface area contributed by atoms with Gasteiger partial charge in [0.25, 0.3) is 11.8 Å². The van der Waals surface area contributed by atoms with E-state index in [1.165, 1.54) is 0 Å². The van der Waals surface area contributed by atoms with Crippen LogP contribution in [0.2, 0.25) is 5.02 Å². The summed E-state index contributed by atoms with van der Waals surface area (Å²) in [5, 5.41) is 6.05. The zero-order valence-corrected chi connectivity index (χ0v) is 13.2. The molecule has 0 aliphatic carbocycles. The van der Waals surface area contributed by atoms with Crippen LogP contribution in [0.4, 0.5) is 5.69 Å². The molecule has 23 heavy (non-hydrogen) atoms. The van der Waals surface area contributed by atoms with Gasteiger partial charge in [-0.3, -0.25) is 9.59 Å². The molecule has 0 bridgehead atoms. The van der Waals surface area contributed by atoms with Gasteiger partial charge in [0.1, 0.15) is 11.8 Å². The molecule has 1 aliphatic heterocycles. The van der Waals surface area contributed by atoms with Crippen molar-refractivity contribution >= 4 is 29.1 Å². The molecule has 118 valence electrons. The van der Waals surface area contributed by atoms with Crippen LogP contribution >= 0.6 is 11.6 Å². The molecule has 1 heterocycles. The van der Waals surface area contributed by atoms with Crippen molar-refractivity contribution in [3.63, 3.8) is 0 Å². The summed E-state index contributed by atoms with van der Waals surface area (Å²) in [6.07, 6.45) is 0. The Morgan fingerprint density at radius 3 is 2.74 bits per heavy atom. The van der Waals surface area contributed by atoms with E-state index in [0.29, 0.717) is 22.0 Å². The van der Waals surface area contributed by atoms with Crippen molar-refractivity contribution in [3.8, 4) is 5.75 Å². The number of amides is 2. The largest absolute Gasteiger partial charge is 0.483 e. The molecule has 0 fully saturated rings. The quantitative estimate of drug-likeness (QED) is 0.889. The van der Waals surface area contributed by atoms with Crippen LogP contribution in [0.1, 0.15) is 17.2 Å². The molecule has 2 aromatic carbocycles. The van der Waals surface area contributed by atoms with E-state index in [9.17, 15) is 9.59 Å². The smallest absolute Gasteiger partial charge is 0.258 e. The minimum absolute atomic E-state index is 0.109. The van der Waals surface area contributed by atoms with Crippen LogP contribution in [-0.2, 0) is 9.59 Å². The number of fused-ring (bicyclic) bond motifs is 1. The number of rotatable bonds is 2. The lowest BCUT2D eigenvalue weighted by molar-refractivity contribution is -0.127. The summed E-state index contributed by atoms with van der Waals surface area (Å²) in [5.74, 6) is -0.100. The van der Waals surface area contributed by atoms with E-state index in [1.54, 1.807) is 30.3 Å². The summed E-state index contributed by atoms with van der Waals surface area (Å²) in [5.41, 5.74) is 2.12. The van der Waals surface area contributed by atoms with Crippen LogP contribution in [0.5, 0.6) is 5.75 Å². The van der Waals surface area contributed by atoms with Crippen molar-refractivity contribution in [2.75, 3.05) is 11.9 Å². The fraction of sp³-hybridized carbons (Fsp3) is 0.176. The molecule has 0 saturated heterocycles. The Bertz CT molecular complexity index is 759. The van der Waals surface area contributed by atoms with E-state index in [4.69, 9.17) is 16.3 Å². The lowest BCUT2D eigenvalue weighted by Gasteiger charge is -2.18. The number of hydrogen-bond donors (Lipinski definition) is 2. The van der Waals surface area contributed by atoms with Crippen LogP contribution < -0.4 is 15.4 Å². The van der Waals surface area contributed by atoms with Crippen LogP contribution in [-0.4, -0.2) is 18.4 Å². The monoisotopic (exact) mass is 330 g/mol. The minimum atomic E-state index is -0.810. The number of hydrogen-bond acceptors (Lipinski definition) is 3. The highest BCUT2D eigenvalue weighted by Gasteiger charge is 2.29. The molecule has 2 aromatic rings. The maximum atomic E-state index is 12.6. The fourth-order valence-electron chi connectivity index (χ4n) is 2.47. The molecular formula is C17H15ClN2O3. The predicted molar refractivity (Wildman–Crippen MR) is 87.6 cm³/mol. The summed E-state index contributed by atoms with van der Waals surface area (Å²) >= 11 is 5.84. The Labute approximate surface area is 138 Å². The maximum Gasteiger partial charge on any atom is 0.258 e. The third-order valence-corrected chi connectivity index (χ3v) is 3.83. The Hall–Kier alpha value is -2.53. The molecule has 0 spiro atoms. The molecule has 1 atom stereocenters. The SMILES string of the molecule is Cc1cccc2c1OCC(=O)NC2C(=O)Nc1ccc(Cl)cc1. The average Bonchev–Trinajstić information content (AvgIpc) is 2.70. The van der Waals surface area contributed by atoms with Crippen molar-refractivity contribution in [3.05, 3.63) is 58.6 Å². The Kier molecular flexibility index (Phi) is 4.21. The second-order valence-corrected chi connectivity index (χ2v) is 5.72. The highest BCUT2D eigenvalue weighted by molar-refractivity contribution is 6.30. The third-order valence-electron chi connectivity index (χ3n) is 3.58. The van der Waals surface area contributed by atoms with Gasteiger partial charge in [0.2, 0.25) is 0 Å². The Morgan fingerprint density at radius 1 is 1.26 bits per heavy atom. The van der Waals surface area contributed by atoms with Gasteiger partial charge >= 0.3 is 0 Å². The van der Waals surface area contributed by atoms with Gasteiger partial charge in [0, 0.05) is 16.3 Å². The number of carbonyl (C=O) groups is 2. The van der Waals surface area contributed by atoms with Crippen LogP contribution in [0.25, 0.3) is 0 Å². The van der Waals surface area contributed by atoms with Crippen LogP contribution in [0.15, 0.2) is 42.5 Å². The van der Waals surface area contributed by atoms with E-state index in [0.717, 1.165) is 5.56 Å². The molecule has 3 rings (SSSR count). The van der Waals surface area contributed by atoms with Crippen molar-refractivity contribution < 1.29 is 14.3 Å². The third kappa shape index (κ3) is 3.29. The zero-order chi connectivity index (χ0) is 16.4. The van der Waals surface area contributed by atoms with Crippen LogP contribution in [0.3, 0.4) is 0 Å². The number of carbonyl (C=O) groups excluding carboxylic acids is 2. The Morgan fingerprint density at radius 2 is 2.00 bits per heavy atom. The number of halogens is 1. The van der Waals surface area contributed by atoms with Gasteiger partial charge < -0.3 is 15.4 Å². The molecule has 0 radical (unpaired) electrons. The van der Waals surface area contributed by atoms with Crippen molar-refractivity contribution in [1.82, 2.24) is 5.32 Å². The number of aryl methyl sites for hydroxylation is 1. The standard InChI is InChI=1S/C17H15ClN2O3/c1-10-3-2-4-13-15(20-14(21)9-23-16(10)13)17(22)19-12-7-5-11(18)6-8-12/h2-8,15H,9H2,1H3,(H,19,22)(H,20,21). The average molecular weight is 331 g/mol. The van der Waals surface area contributed by atoms with Gasteiger partial charge in [-0.25, -0.2) is 0 Å². The van der Waals surface area contributed by atoms with Gasteiger partial charge in [-0.15, -0.1) is 0 Å². The van der Waals surface area contributed by atoms with Gasteiger partial charge in [0.05, 0.1) is 0 Å². The number of anilines is 1. The summed E-state index contributed by atoms with van der Waals surface area (Å²) < 4.78 is 5.53. The molecular weight excluding hydrogens is 316 g/mol. The zero-order valence-electron chi connectivity index (χ0n) is 12.4. The second-order valence-electron chi connectivity index (χ2n) is 5.28. The highest BCUT2D eigenvalue weighted by atomic mass is 35.5. The van der Waals surface area contributed by atoms with Gasteiger partial charge in [-0.1, -0.05) is 29.8 Å². The van der Waals surface area contributed by atoms with E-state index in [-0.39, 0.29) is 18.4 Å². The number of para-hydroxylation sites is 1. The first-order valence-electron chi connectivity index (χ1n) is 7.12. The molecule has 5 nitrogen and oxygen atoms in total. The summed E-state index contributed by atoms with van der Waals surface area (Å²) in [6, 6.07) is 11.4. The lowest BCUT2D eigenvalue weighted by Crippen LogP contribution is -2.37. The topological polar surface area (TPSA) is 67.4 Å². The van der Waals surface area contributed by atoms with Crippen LogP contribution in [0, 0.1) is 6.92 Å². The summed E-state index contributed by atoms with van der Waals surface area (Å²) in [4.78, 5) is 24.5. The first-order valence-corrected chi connectivity index (χ1v) is 7.50.